The first-order chi connectivity index (χ1) is 2.27. The van der Waals surface area contributed by atoms with E-state index in [2.05, 4.69) is 10.2 Å². The Morgan fingerprint density at radius 1 is 1.80 bits per heavy atom. The molecule has 0 N–H and O–H groups in total. The summed E-state index contributed by atoms with van der Waals surface area (Å²) in [7, 11) is 3.28. The van der Waals surface area contributed by atoms with Gasteiger partial charge in [0.25, 0.3) is 0 Å². The first-order valence-electron chi connectivity index (χ1n) is 1.62. The van der Waals surface area contributed by atoms with Crippen molar-refractivity contribution in [2.45, 2.75) is 13.8 Å². The van der Waals surface area contributed by atoms with Crippen molar-refractivity contribution in [3.05, 3.63) is 11.3 Å². The third-order valence-corrected chi connectivity index (χ3v) is 0.722. The number of hydrogen-bond donors (Lipinski definition) is 0. The van der Waals surface area contributed by atoms with Gasteiger partial charge in [-0.1, -0.05) is 11.3 Å². The van der Waals surface area contributed by atoms with E-state index in [4.69, 9.17) is 0 Å². The lowest BCUT2D eigenvalue weighted by Gasteiger charge is -1.73. The van der Waals surface area contributed by atoms with Crippen molar-refractivity contribution in [2.24, 2.45) is 0 Å². The molecule has 0 saturated heterocycles. The molecule has 0 fully saturated rings. The van der Waals surface area contributed by atoms with Crippen LogP contribution in [0.3, 0.4) is 0 Å². The van der Waals surface area contributed by atoms with Gasteiger partial charge in [-0.2, -0.15) is 0 Å². The van der Waals surface area contributed by atoms with Crippen LogP contribution >= 0.6 is 0 Å². The van der Waals surface area contributed by atoms with Gasteiger partial charge < -0.3 is 0 Å². The van der Waals surface area contributed by atoms with E-state index >= 15 is 0 Å². The molecule has 0 heterocycles. The summed E-state index contributed by atoms with van der Waals surface area (Å²) in [4.78, 5) is 0. The molecule has 0 saturated carbocycles. The molecule has 0 aromatic heterocycles. The van der Waals surface area contributed by atoms with Gasteiger partial charge in [-0.05, 0) is 13.8 Å². The second-order valence-corrected chi connectivity index (χ2v) is 1.76. The van der Waals surface area contributed by atoms with Gasteiger partial charge in [-0.3, -0.25) is 0 Å². The lowest BCUT2D eigenvalue weighted by atomic mass is 10.6. The maximum Gasteiger partial charge on any atom is 0.0641 e. The van der Waals surface area contributed by atoms with Gasteiger partial charge in [-0.25, -0.2) is 0 Å². The van der Waals surface area contributed by atoms with Gasteiger partial charge in [0.2, 0.25) is 0 Å². The summed E-state index contributed by atoms with van der Waals surface area (Å²) in [6, 6.07) is 0. The van der Waals surface area contributed by atoms with Gasteiger partial charge >= 0.3 is 0 Å². The smallest absolute Gasteiger partial charge is 0.0641 e. The Balaban J connectivity index is 3.14. The van der Waals surface area contributed by atoms with E-state index in [-0.39, 0.29) is 0 Å². The van der Waals surface area contributed by atoms with E-state index in [0.717, 1.165) is 0 Å². The van der Waals surface area contributed by atoms with Crippen LogP contribution in [0.4, 0.5) is 0 Å². The largest absolute Gasteiger partial charge is 0.0956 e. The predicted octanol–water partition coefficient (Wildman–Crippen LogP) is 1.08. The first-order valence-corrected chi connectivity index (χ1v) is 2.12. The Labute approximate surface area is 36.3 Å². The predicted molar refractivity (Wildman–Crippen MR) is 25.2 cm³/mol. The van der Waals surface area contributed by atoms with E-state index in [1.807, 2.05) is 19.9 Å². The summed E-state index contributed by atoms with van der Waals surface area (Å²) in [5.41, 5.74) is 0. The molecule has 3 radical (unpaired) electrons. The van der Waals surface area contributed by atoms with Gasteiger partial charge in [-0.15, -0.1) is 0 Å². The molecule has 0 spiro atoms. The quantitative estimate of drug-likeness (QED) is 0.384. The normalized spacial score (nSPS) is 12.2. The lowest BCUT2D eigenvalue weighted by Crippen LogP contribution is -1.62. The highest BCUT2D eigenvalue weighted by Crippen LogP contribution is 1.76. The van der Waals surface area contributed by atoms with Crippen molar-refractivity contribution < 1.29 is 0 Å². The van der Waals surface area contributed by atoms with Crippen LogP contribution in [-0.4, -0.2) is 10.2 Å². The molecule has 0 atom stereocenters. The maximum absolute atomic E-state index is 3.28. The summed E-state index contributed by atoms with van der Waals surface area (Å²) in [6.07, 6.45) is 2.00. The molecule has 0 amide bonds. The molecule has 5 heavy (non-hydrogen) atoms. The van der Waals surface area contributed by atoms with E-state index in [0.29, 0.717) is 0 Å². The van der Waals surface area contributed by atoms with Gasteiger partial charge in [0, 0.05) is 0 Å². The fourth-order valence-corrected chi connectivity index (χ4v) is 0. The van der Waals surface area contributed by atoms with Gasteiger partial charge in [0.05, 0.1) is 10.2 Å². The van der Waals surface area contributed by atoms with Crippen LogP contribution in [0.1, 0.15) is 13.8 Å². The van der Waals surface area contributed by atoms with Crippen LogP contribution in [0.5, 0.6) is 0 Å². The second kappa shape index (κ2) is 2.21. The molecular formula is C4H7Si. The summed E-state index contributed by atoms with van der Waals surface area (Å²) in [6.45, 7) is 3.99. The third-order valence-electron chi connectivity index (χ3n) is 0.433. The van der Waals surface area contributed by atoms with E-state index in [1.165, 1.54) is 5.20 Å². The molecule has 0 aliphatic heterocycles. The summed E-state index contributed by atoms with van der Waals surface area (Å²) in [5, 5.41) is 1.19. The highest BCUT2D eigenvalue weighted by atomic mass is 28.1. The van der Waals surface area contributed by atoms with E-state index in [1.54, 1.807) is 0 Å². The Bertz CT molecular complexity index is 41.6. The van der Waals surface area contributed by atoms with Crippen LogP contribution in [-0.2, 0) is 0 Å². The minimum Gasteiger partial charge on any atom is -0.0956 e. The molecule has 0 nitrogen and oxygen atoms in total. The highest BCUT2D eigenvalue weighted by molar-refractivity contribution is 6.21. The highest BCUT2D eigenvalue weighted by Gasteiger charge is 1.61. The van der Waals surface area contributed by atoms with Crippen LogP contribution in [0, 0.1) is 0 Å². The molecule has 0 bridgehead atoms. The first kappa shape index (κ1) is 4.96. The summed E-state index contributed by atoms with van der Waals surface area (Å²) >= 11 is 0. The fourth-order valence-electron chi connectivity index (χ4n) is 0. The average Bonchev–Trinajstić information content (AvgIpc) is 1.38. The summed E-state index contributed by atoms with van der Waals surface area (Å²) in [5.74, 6) is 0. The standard InChI is InChI=1S/C4H7Si/c1-3-4(2)5/h3H,1-2H3/b4-3-. The SMILES string of the molecule is C/C=C(/C)[Si]. The number of rotatable bonds is 0. The minimum atomic E-state index is 1.19. The van der Waals surface area contributed by atoms with Crippen LogP contribution < -0.4 is 0 Å². The molecule has 0 unspecified atom stereocenters. The van der Waals surface area contributed by atoms with Crippen molar-refractivity contribution in [1.29, 1.82) is 0 Å². The molecule has 27 valence electrons. The molecule has 0 aromatic rings. The minimum absolute atomic E-state index is 1.19. The van der Waals surface area contributed by atoms with Crippen molar-refractivity contribution >= 4 is 10.2 Å². The Morgan fingerprint density at radius 2 is 2.00 bits per heavy atom. The van der Waals surface area contributed by atoms with Crippen LogP contribution in [0.2, 0.25) is 0 Å². The zero-order valence-electron chi connectivity index (χ0n) is 3.58. The van der Waals surface area contributed by atoms with E-state index in [9.17, 15) is 0 Å². The van der Waals surface area contributed by atoms with Crippen molar-refractivity contribution in [1.82, 2.24) is 0 Å². The lowest BCUT2D eigenvalue weighted by molar-refractivity contribution is 1.59. The van der Waals surface area contributed by atoms with Gasteiger partial charge in [0.1, 0.15) is 0 Å². The molecule has 1 heteroatoms. The molecule has 0 rings (SSSR count). The Kier molecular flexibility index (Phi) is 2.19. The van der Waals surface area contributed by atoms with E-state index < -0.39 is 0 Å². The number of allylic oxidation sites excluding steroid dienone is 2. The fraction of sp³-hybridized carbons (Fsp3) is 0.500. The third kappa shape index (κ3) is 3.96. The second-order valence-electron chi connectivity index (χ2n) is 0.972. The van der Waals surface area contributed by atoms with Crippen molar-refractivity contribution in [3.8, 4) is 0 Å². The zero-order valence-corrected chi connectivity index (χ0v) is 4.58. The van der Waals surface area contributed by atoms with Crippen molar-refractivity contribution in [3.63, 3.8) is 0 Å². The Hall–Kier alpha value is -0.0431. The zero-order chi connectivity index (χ0) is 4.28. The monoisotopic (exact) mass is 83.0 g/mol. The van der Waals surface area contributed by atoms with Crippen LogP contribution in [0.15, 0.2) is 11.3 Å². The van der Waals surface area contributed by atoms with Gasteiger partial charge in [0.15, 0.2) is 0 Å². The average molecular weight is 83.2 g/mol. The Morgan fingerprint density at radius 3 is 2.00 bits per heavy atom. The van der Waals surface area contributed by atoms with Crippen LogP contribution in [0.25, 0.3) is 0 Å². The number of hydrogen-bond acceptors (Lipinski definition) is 0. The molecule has 0 aliphatic carbocycles. The molecule has 0 aliphatic rings. The van der Waals surface area contributed by atoms with Crippen molar-refractivity contribution in [2.75, 3.05) is 0 Å². The maximum atomic E-state index is 3.28. The molecule has 0 aromatic carbocycles. The summed E-state index contributed by atoms with van der Waals surface area (Å²) < 4.78 is 0. The topological polar surface area (TPSA) is 0 Å². The molecular weight excluding hydrogens is 76.1 g/mol.